The summed E-state index contributed by atoms with van der Waals surface area (Å²) in [6, 6.07) is 14.6. The SMILES string of the molecule is COc1ccc(Oc2nc(-c3ccc(OC)cc3)ncc2C(=O)N2CCC(C)CC2)cc1. The van der Waals surface area contributed by atoms with E-state index in [1.807, 2.05) is 29.2 Å². The van der Waals surface area contributed by atoms with Crippen molar-refractivity contribution in [1.82, 2.24) is 14.9 Å². The van der Waals surface area contributed by atoms with Crippen LogP contribution in [0.3, 0.4) is 0 Å². The number of methoxy groups -OCH3 is 2. The van der Waals surface area contributed by atoms with Gasteiger partial charge in [-0.25, -0.2) is 4.98 Å². The Balaban J connectivity index is 1.67. The average molecular weight is 434 g/mol. The molecule has 0 spiro atoms. The maximum atomic E-state index is 13.3. The second kappa shape index (κ2) is 9.68. The van der Waals surface area contributed by atoms with Crippen molar-refractivity contribution >= 4 is 5.91 Å². The summed E-state index contributed by atoms with van der Waals surface area (Å²) in [7, 11) is 3.23. The van der Waals surface area contributed by atoms with Crippen LogP contribution in [-0.2, 0) is 0 Å². The zero-order chi connectivity index (χ0) is 22.5. The minimum absolute atomic E-state index is 0.110. The topological polar surface area (TPSA) is 73.8 Å². The summed E-state index contributed by atoms with van der Waals surface area (Å²) < 4.78 is 16.5. The molecule has 0 radical (unpaired) electrons. The number of hydrogen-bond donors (Lipinski definition) is 0. The van der Waals surface area contributed by atoms with E-state index in [0.29, 0.717) is 23.1 Å². The van der Waals surface area contributed by atoms with Crippen molar-refractivity contribution in [2.45, 2.75) is 19.8 Å². The van der Waals surface area contributed by atoms with E-state index in [2.05, 4.69) is 16.9 Å². The fourth-order valence-electron chi connectivity index (χ4n) is 3.61. The number of likely N-dealkylation sites (tertiary alicyclic amines) is 1. The van der Waals surface area contributed by atoms with E-state index in [4.69, 9.17) is 14.2 Å². The summed E-state index contributed by atoms with van der Waals surface area (Å²) >= 11 is 0. The number of ether oxygens (including phenoxy) is 3. The third kappa shape index (κ3) is 4.82. The van der Waals surface area contributed by atoms with Crippen molar-refractivity contribution < 1.29 is 19.0 Å². The Bertz CT molecular complexity index is 1060. The third-order valence-electron chi connectivity index (χ3n) is 5.68. The van der Waals surface area contributed by atoms with Crippen LogP contribution in [0.5, 0.6) is 23.1 Å². The molecule has 0 aliphatic carbocycles. The van der Waals surface area contributed by atoms with Gasteiger partial charge in [-0.2, -0.15) is 4.98 Å². The zero-order valence-corrected chi connectivity index (χ0v) is 18.6. The van der Waals surface area contributed by atoms with Crippen LogP contribution in [0.4, 0.5) is 0 Å². The van der Waals surface area contributed by atoms with E-state index < -0.39 is 0 Å². The molecule has 2 aromatic carbocycles. The van der Waals surface area contributed by atoms with Gasteiger partial charge in [-0.15, -0.1) is 0 Å². The lowest BCUT2D eigenvalue weighted by Gasteiger charge is -2.30. The van der Waals surface area contributed by atoms with E-state index in [9.17, 15) is 4.79 Å². The molecule has 3 aromatic rings. The number of piperidine rings is 1. The molecule has 7 nitrogen and oxygen atoms in total. The molecule has 1 aromatic heterocycles. The standard InChI is InChI=1S/C25H27N3O4/c1-17-12-14-28(15-13-17)25(29)22-16-26-23(18-4-6-19(30-2)7-5-18)27-24(22)32-21-10-8-20(31-3)9-11-21/h4-11,16-17H,12-15H2,1-3H3. The van der Waals surface area contributed by atoms with Gasteiger partial charge in [0.05, 0.1) is 14.2 Å². The van der Waals surface area contributed by atoms with Crippen molar-refractivity contribution in [2.75, 3.05) is 27.3 Å². The van der Waals surface area contributed by atoms with Gasteiger partial charge >= 0.3 is 0 Å². The molecule has 0 saturated carbocycles. The molecular formula is C25H27N3O4. The normalized spacial score (nSPS) is 14.2. The Kier molecular flexibility index (Phi) is 6.54. The molecule has 166 valence electrons. The Morgan fingerprint density at radius 2 is 1.47 bits per heavy atom. The highest BCUT2D eigenvalue weighted by molar-refractivity contribution is 5.96. The van der Waals surface area contributed by atoms with E-state index >= 15 is 0 Å². The monoisotopic (exact) mass is 433 g/mol. The van der Waals surface area contributed by atoms with Gasteiger partial charge < -0.3 is 19.1 Å². The molecule has 4 rings (SSSR count). The van der Waals surface area contributed by atoms with Crippen LogP contribution in [-0.4, -0.2) is 48.1 Å². The number of hydrogen-bond acceptors (Lipinski definition) is 6. The number of benzene rings is 2. The molecule has 1 aliphatic rings. The van der Waals surface area contributed by atoms with Crippen LogP contribution in [0.1, 0.15) is 30.1 Å². The Hall–Kier alpha value is -3.61. The van der Waals surface area contributed by atoms with E-state index in [-0.39, 0.29) is 11.8 Å². The molecule has 32 heavy (non-hydrogen) atoms. The maximum Gasteiger partial charge on any atom is 0.260 e. The Morgan fingerprint density at radius 3 is 2.06 bits per heavy atom. The lowest BCUT2D eigenvalue weighted by molar-refractivity contribution is 0.0693. The van der Waals surface area contributed by atoms with Gasteiger partial charge in [0.2, 0.25) is 5.88 Å². The summed E-state index contributed by atoms with van der Waals surface area (Å²) in [5.74, 6) is 3.25. The van der Waals surface area contributed by atoms with Gasteiger partial charge in [0, 0.05) is 24.8 Å². The molecule has 1 aliphatic heterocycles. The predicted octanol–water partition coefficient (Wildman–Crippen LogP) is 4.83. The second-order valence-electron chi connectivity index (χ2n) is 7.89. The first kappa shape index (κ1) is 21.6. The highest BCUT2D eigenvalue weighted by Crippen LogP contribution is 2.29. The van der Waals surface area contributed by atoms with Gasteiger partial charge in [-0.1, -0.05) is 6.92 Å². The average Bonchev–Trinajstić information content (AvgIpc) is 2.84. The van der Waals surface area contributed by atoms with Gasteiger partial charge in [0.15, 0.2) is 5.82 Å². The minimum atomic E-state index is -0.110. The maximum absolute atomic E-state index is 13.3. The molecule has 0 N–H and O–H groups in total. The third-order valence-corrected chi connectivity index (χ3v) is 5.68. The Labute approximate surface area is 188 Å². The van der Waals surface area contributed by atoms with Crippen LogP contribution in [0.15, 0.2) is 54.7 Å². The quantitative estimate of drug-likeness (QED) is 0.555. The summed E-state index contributed by atoms with van der Waals surface area (Å²) in [5.41, 5.74) is 1.16. The number of carbonyl (C=O) groups excluding carboxylic acids is 1. The summed E-state index contributed by atoms with van der Waals surface area (Å²) in [4.78, 5) is 24.2. The summed E-state index contributed by atoms with van der Waals surface area (Å²) in [5, 5.41) is 0. The van der Waals surface area contributed by atoms with Crippen LogP contribution in [0.25, 0.3) is 11.4 Å². The number of rotatable bonds is 6. The smallest absolute Gasteiger partial charge is 0.260 e. The molecule has 1 amide bonds. The van der Waals surface area contributed by atoms with E-state index in [0.717, 1.165) is 43.0 Å². The van der Waals surface area contributed by atoms with Crippen molar-refractivity contribution in [3.8, 4) is 34.5 Å². The minimum Gasteiger partial charge on any atom is -0.497 e. The molecule has 0 atom stereocenters. The second-order valence-corrected chi connectivity index (χ2v) is 7.89. The Morgan fingerprint density at radius 1 is 0.906 bits per heavy atom. The van der Waals surface area contributed by atoms with Crippen molar-refractivity contribution in [3.63, 3.8) is 0 Å². The van der Waals surface area contributed by atoms with Crippen molar-refractivity contribution in [3.05, 3.63) is 60.3 Å². The zero-order valence-electron chi connectivity index (χ0n) is 18.6. The first-order valence-corrected chi connectivity index (χ1v) is 10.7. The fraction of sp³-hybridized carbons (Fsp3) is 0.320. The lowest BCUT2D eigenvalue weighted by atomic mass is 9.99. The van der Waals surface area contributed by atoms with Crippen LogP contribution in [0.2, 0.25) is 0 Å². The highest BCUT2D eigenvalue weighted by Gasteiger charge is 2.26. The van der Waals surface area contributed by atoms with Gasteiger partial charge in [0.1, 0.15) is 22.8 Å². The first-order valence-electron chi connectivity index (χ1n) is 10.7. The number of carbonyl (C=O) groups is 1. The molecule has 0 unspecified atom stereocenters. The van der Waals surface area contributed by atoms with Crippen LogP contribution < -0.4 is 14.2 Å². The first-order chi connectivity index (χ1) is 15.6. The lowest BCUT2D eigenvalue weighted by Crippen LogP contribution is -2.38. The number of aromatic nitrogens is 2. The summed E-state index contributed by atoms with van der Waals surface area (Å²) in [6.07, 6.45) is 3.54. The number of amides is 1. The molecule has 1 fully saturated rings. The molecule has 7 heteroatoms. The molecule has 2 heterocycles. The van der Waals surface area contributed by atoms with Crippen molar-refractivity contribution in [1.29, 1.82) is 0 Å². The largest absolute Gasteiger partial charge is 0.497 e. The van der Waals surface area contributed by atoms with E-state index in [1.54, 1.807) is 44.7 Å². The number of nitrogens with zero attached hydrogens (tertiary/aromatic N) is 3. The molecule has 0 bridgehead atoms. The van der Waals surface area contributed by atoms with Gasteiger partial charge in [-0.05, 0) is 67.3 Å². The fourth-order valence-corrected chi connectivity index (χ4v) is 3.61. The van der Waals surface area contributed by atoms with E-state index in [1.165, 1.54) is 0 Å². The predicted molar refractivity (Wildman–Crippen MR) is 121 cm³/mol. The van der Waals surface area contributed by atoms with Crippen LogP contribution in [0, 0.1) is 5.92 Å². The summed E-state index contributed by atoms with van der Waals surface area (Å²) in [6.45, 7) is 3.66. The van der Waals surface area contributed by atoms with Crippen LogP contribution >= 0.6 is 0 Å². The highest BCUT2D eigenvalue weighted by atomic mass is 16.5. The van der Waals surface area contributed by atoms with Gasteiger partial charge in [-0.3, -0.25) is 4.79 Å². The molecular weight excluding hydrogens is 406 g/mol. The molecule has 1 saturated heterocycles. The van der Waals surface area contributed by atoms with Crippen molar-refractivity contribution in [2.24, 2.45) is 5.92 Å². The van der Waals surface area contributed by atoms with Gasteiger partial charge in [0.25, 0.3) is 5.91 Å².